The molecule has 0 saturated heterocycles. The van der Waals surface area contributed by atoms with Crippen LogP contribution in [0, 0.1) is 0 Å². The average Bonchev–Trinajstić information content (AvgIpc) is 3.06. The van der Waals surface area contributed by atoms with Crippen LogP contribution in [0.1, 0.15) is 25.7 Å². The number of aromatic amines is 1. The van der Waals surface area contributed by atoms with Crippen molar-refractivity contribution in [3.8, 4) is 0 Å². The largest absolute Gasteiger partial charge is 0.333 e. The number of benzene rings is 2. The summed E-state index contributed by atoms with van der Waals surface area (Å²) in [6.07, 6.45) is 3.89. The summed E-state index contributed by atoms with van der Waals surface area (Å²) in [7, 11) is -3.58. The van der Waals surface area contributed by atoms with Crippen molar-refractivity contribution in [2.75, 3.05) is 0 Å². The van der Waals surface area contributed by atoms with Crippen LogP contribution >= 0.6 is 23.4 Å². The van der Waals surface area contributed by atoms with E-state index in [1.807, 2.05) is 24.3 Å². The lowest BCUT2D eigenvalue weighted by molar-refractivity contribution is 0.422. The number of aromatic nitrogens is 2. The molecule has 3 aromatic rings. The van der Waals surface area contributed by atoms with Gasteiger partial charge in [-0.25, -0.2) is 18.1 Å². The molecular weight excluding hydrogens is 402 g/mol. The van der Waals surface area contributed by atoms with Gasteiger partial charge in [-0.05, 0) is 49.2 Å². The normalized spacial score (nSPS) is 20.8. The molecule has 0 aliphatic heterocycles. The van der Waals surface area contributed by atoms with Gasteiger partial charge in [0, 0.05) is 16.3 Å². The Labute approximate surface area is 168 Å². The molecule has 1 fully saturated rings. The molecule has 1 heterocycles. The average molecular weight is 422 g/mol. The van der Waals surface area contributed by atoms with E-state index in [2.05, 4.69) is 14.7 Å². The smallest absolute Gasteiger partial charge is 0.240 e. The molecule has 0 amide bonds. The van der Waals surface area contributed by atoms with Crippen LogP contribution in [0.15, 0.2) is 58.6 Å². The second-order valence-corrected chi connectivity index (χ2v) is 10.1. The molecule has 0 bridgehead atoms. The number of H-pyrrole nitrogens is 1. The van der Waals surface area contributed by atoms with E-state index in [0.717, 1.165) is 41.9 Å². The van der Waals surface area contributed by atoms with Crippen molar-refractivity contribution >= 4 is 44.4 Å². The third-order valence-corrected chi connectivity index (χ3v) is 7.81. The Hall–Kier alpha value is -1.54. The number of fused-ring (bicyclic) bond motifs is 1. The van der Waals surface area contributed by atoms with E-state index in [-0.39, 0.29) is 16.2 Å². The van der Waals surface area contributed by atoms with Crippen molar-refractivity contribution in [3.63, 3.8) is 0 Å². The number of nitrogens with one attached hydrogen (secondary N) is 2. The number of imidazole rings is 1. The molecular formula is C19H20ClN3O2S2. The van der Waals surface area contributed by atoms with Gasteiger partial charge in [0.05, 0.1) is 15.9 Å². The van der Waals surface area contributed by atoms with Gasteiger partial charge in [0.2, 0.25) is 10.0 Å². The van der Waals surface area contributed by atoms with Crippen LogP contribution in [-0.2, 0) is 10.0 Å². The summed E-state index contributed by atoms with van der Waals surface area (Å²) in [5, 5.41) is 1.49. The molecule has 2 aromatic carbocycles. The van der Waals surface area contributed by atoms with Gasteiger partial charge in [0.15, 0.2) is 5.16 Å². The van der Waals surface area contributed by atoms with Gasteiger partial charge in [-0.15, -0.1) is 0 Å². The summed E-state index contributed by atoms with van der Waals surface area (Å²) in [5.74, 6) is 0. The lowest BCUT2D eigenvalue weighted by atomic mass is 9.96. The van der Waals surface area contributed by atoms with Crippen LogP contribution in [0.25, 0.3) is 11.0 Å². The maximum atomic E-state index is 12.8. The summed E-state index contributed by atoms with van der Waals surface area (Å²) < 4.78 is 28.4. The third-order valence-electron chi connectivity index (χ3n) is 4.76. The topological polar surface area (TPSA) is 74.8 Å². The molecule has 2 unspecified atom stereocenters. The predicted molar refractivity (Wildman–Crippen MR) is 110 cm³/mol. The first-order valence-corrected chi connectivity index (χ1v) is 11.6. The highest BCUT2D eigenvalue weighted by atomic mass is 35.5. The molecule has 1 aliphatic carbocycles. The van der Waals surface area contributed by atoms with Gasteiger partial charge >= 0.3 is 0 Å². The Kier molecular flexibility index (Phi) is 5.45. The first-order valence-electron chi connectivity index (χ1n) is 8.90. The third kappa shape index (κ3) is 4.32. The minimum absolute atomic E-state index is 0.127. The van der Waals surface area contributed by atoms with E-state index in [1.54, 1.807) is 23.9 Å². The van der Waals surface area contributed by atoms with Gasteiger partial charge in [-0.3, -0.25) is 0 Å². The van der Waals surface area contributed by atoms with E-state index < -0.39 is 10.0 Å². The zero-order chi connectivity index (χ0) is 18.9. The van der Waals surface area contributed by atoms with Crippen molar-refractivity contribution in [1.82, 2.24) is 14.7 Å². The van der Waals surface area contributed by atoms with Crippen LogP contribution in [-0.4, -0.2) is 29.7 Å². The Morgan fingerprint density at radius 1 is 1.07 bits per heavy atom. The summed E-state index contributed by atoms with van der Waals surface area (Å²) in [4.78, 5) is 8.19. The summed E-state index contributed by atoms with van der Waals surface area (Å²) in [6, 6.07) is 14.0. The number of hydrogen-bond acceptors (Lipinski definition) is 4. The fraction of sp³-hybridized carbons (Fsp3) is 0.316. The number of hydrogen-bond donors (Lipinski definition) is 2. The predicted octanol–water partition coefficient (Wildman–Crippen LogP) is 4.60. The highest BCUT2D eigenvalue weighted by Crippen LogP contribution is 2.34. The standard InChI is InChI=1S/C19H20ClN3O2S2/c20-13-9-11-14(12-10-13)27(24,25)23-17-7-3-4-8-18(17)26-19-21-15-5-1-2-6-16(15)22-19/h1-2,5-6,9-12,17-18,23H,3-4,7-8H2,(H,21,22). The number of thioether (sulfide) groups is 1. The Morgan fingerprint density at radius 3 is 2.59 bits per heavy atom. The maximum absolute atomic E-state index is 12.8. The molecule has 27 heavy (non-hydrogen) atoms. The highest BCUT2D eigenvalue weighted by molar-refractivity contribution is 7.99. The molecule has 2 atom stereocenters. The molecule has 1 aromatic heterocycles. The van der Waals surface area contributed by atoms with Crippen LogP contribution in [0.4, 0.5) is 0 Å². The second-order valence-electron chi connectivity index (χ2n) is 6.68. The molecule has 8 heteroatoms. The Balaban J connectivity index is 1.52. The van der Waals surface area contributed by atoms with Crippen LogP contribution in [0.5, 0.6) is 0 Å². The summed E-state index contributed by atoms with van der Waals surface area (Å²) in [6.45, 7) is 0. The molecule has 0 spiro atoms. The van der Waals surface area contributed by atoms with Crippen LogP contribution in [0.3, 0.4) is 0 Å². The van der Waals surface area contributed by atoms with Crippen molar-refractivity contribution in [1.29, 1.82) is 0 Å². The molecule has 4 rings (SSSR count). The lowest BCUT2D eigenvalue weighted by Crippen LogP contribution is -2.43. The quantitative estimate of drug-likeness (QED) is 0.631. The van der Waals surface area contributed by atoms with Gasteiger partial charge < -0.3 is 4.98 Å². The fourth-order valence-corrected chi connectivity index (χ4v) is 6.17. The first kappa shape index (κ1) is 18.8. The summed E-state index contributed by atoms with van der Waals surface area (Å²) in [5.41, 5.74) is 1.92. The maximum Gasteiger partial charge on any atom is 0.240 e. The van der Waals surface area contributed by atoms with E-state index in [4.69, 9.17) is 11.6 Å². The van der Waals surface area contributed by atoms with Crippen molar-refractivity contribution in [2.45, 2.75) is 47.0 Å². The minimum atomic E-state index is -3.58. The summed E-state index contributed by atoms with van der Waals surface area (Å²) >= 11 is 7.49. The number of rotatable bonds is 5. The fourth-order valence-electron chi connectivity index (χ4n) is 3.38. The SMILES string of the molecule is O=S(=O)(NC1CCCCC1Sc1nc2ccccc2[nH]1)c1ccc(Cl)cc1. The van der Waals surface area contributed by atoms with Gasteiger partial charge in [0.25, 0.3) is 0 Å². The van der Waals surface area contributed by atoms with E-state index in [1.165, 1.54) is 12.1 Å². The number of sulfonamides is 1. The molecule has 5 nitrogen and oxygen atoms in total. The second kappa shape index (κ2) is 7.83. The van der Waals surface area contributed by atoms with Crippen LogP contribution < -0.4 is 4.72 Å². The van der Waals surface area contributed by atoms with Crippen molar-refractivity contribution in [3.05, 3.63) is 53.6 Å². The number of halogens is 1. The highest BCUT2D eigenvalue weighted by Gasteiger charge is 2.31. The molecule has 0 radical (unpaired) electrons. The van der Waals surface area contributed by atoms with Gasteiger partial charge in [-0.2, -0.15) is 0 Å². The minimum Gasteiger partial charge on any atom is -0.333 e. The molecule has 2 N–H and O–H groups in total. The lowest BCUT2D eigenvalue weighted by Gasteiger charge is -2.30. The number of para-hydroxylation sites is 2. The zero-order valence-electron chi connectivity index (χ0n) is 14.6. The van der Waals surface area contributed by atoms with E-state index in [9.17, 15) is 8.42 Å². The zero-order valence-corrected chi connectivity index (χ0v) is 16.9. The van der Waals surface area contributed by atoms with Crippen molar-refractivity contribution < 1.29 is 8.42 Å². The monoisotopic (exact) mass is 421 g/mol. The first-order chi connectivity index (χ1) is 13.0. The van der Waals surface area contributed by atoms with Crippen LogP contribution in [0.2, 0.25) is 5.02 Å². The van der Waals surface area contributed by atoms with E-state index >= 15 is 0 Å². The van der Waals surface area contributed by atoms with Crippen molar-refractivity contribution in [2.24, 2.45) is 0 Å². The Bertz CT molecular complexity index is 1000. The molecule has 1 saturated carbocycles. The van der Waals surface area contributed by atoms with Gasteiger partial charge in [-0.1, -0.05) is 48.3 Å². The van der Waals surface area contributed by atoms with E-state index in [0.29, 0.717) is 5.02 Å². The molecule has 1 aliphatic rings. The number of nitrogens with zero attached hydrogens (tertiary/aromatic N) is 1. The molecule has 142 valence electrons. The Morgan fingerprint density at radius 2 is 1.81 bits per heavy atom. The van der Waals surface area contributed by atoms with Gasteiger partial charge in [0.1, 0.15) is 0 Å².